The number of nitrogens with one attached hydrogen (secondary N) is 2. The minimum absolute atomic E-state index is 0.0805. The Morgan fingerprint density at radius 3 is 2.54 bits per heavy atom. The summed E-state index contributed by atoms with van der Waals surface area (Å²) in [4.78, 5) is 24.9. The average Bonchev–Trinajstić information content (AvgIpc) is 3.25. The third-order valence-electron chi connectivity index (χ3n) is 4.54. The molecular formula is C21H24N2O5. The first kappa shape index (κ1) is 19.7. The number of anilines is 1. The Hall–Kier alpha value is -3.06. The zero-order valence-electron chi connectivity index (χ0n) is 16.0. The van der Waals surface area contributed by atoms with Crippen molar-refractivity contribution in [3.05, 3.63) is 53.6 Å². The van der Waals surface area contributed by atoms with Gasteiger partial charge >= 0.3 is 0 Å². The largest absolute Gasteiger partial charge is 0.493 e. The zero-order valence-corrected chi connectivity index (χ0v) is 16.0. The van der Waals surface area contributed by atoms with Crippen LogP contribution in [0.15, 0.2) is 42.5 Å². The van der Waals surface area contributed by atoms with Gasteiger partial charge in [0.15, 0.2) is 11.5 Å². The molecule has 3 rings (SSSR count). The van der Waals surface area contributed by atoms with E-state index < -0.39 is 0 Å². The molecule has 2 aromatic carbocycles. The van der Waals surface area contributed by atoms with Crippen LogP contribution in [0.5, 0.6) is 11.5 Å². The van der Waals surface area contributed by atoms with Crippen molar-refractivity contribution in [3.63, 3.8) is 0 Å². The summed E-state index contributed by atoms with van der Waals surface area (Å²) < 4.78 is 15.9. The quantitative estimate of drug-likeness (QED) is 0.767. The number of methoxy groups -OCH3 is 2. The van der Waals surface area contributed by atoms with E-state index in [9.17, 15) is 9.59 Å². The predicted molar refractivity (Wildman–Crippen MR) is 105 cm³/mol. The fourth-order valence-corrected chi connectivity index (χ4v) is 3.03. The first-order valence-corrected chi connectivity index (χ1v) is 9.14. The third kappa shape index (κ3) is 4.80. The lowest BCUT2D eigenvalue weighted by atomic mass is 10.1. The summed E-state index contributed by atoms with van der Waals surface area (Å²) in [6.07, 6.45) is 2.07. The topological polar surface area (TPSA) is 85.9 Å². The van der Waals surface area contributed by atoms with Crippen molar-refractivity contribution in [3.8, 4) is 11.5 Å². The molecule has 7 nitrogen and oxygen atoms in total. The van der Waals surface area contributed by atoms with Gasteiger partial charge in [-0.25, -0.2) is 0 Å². The first-order valence-electron chi connectivity index (χ1n) is 9.14. The second kappa shape index (κ2) is 9.23. The van der Waals surface area contributed by atoms with Crippen LogP contribution in [0.2, 0.25) is 0 Å². The Balaban J connectivity index is 1.65. The molecule has 28 heavy (non-hydrogen) atoms. The molecule has 0 aliphatic carbocycles. The number of hydrogen-bond donors (Lipinski definition) is 2. The molecular weight excluding hydrogens is 360 g/mol. The van der Waals surface area contributed by atoms with Crippen LogP contribution in [-0.4, -0.2) is 45.3 Å². The van der Waals surface area contributed by atoms with Crippen LogP contribution in [0.3, 0.4) is 0 Å². The van der Waals surface area contributed by atoms with Crippen molar-refractivity contribution in [1.29, 1.82) is 0 Å². The van der Waals surface area contributed by atoms with E-state index in [1.165, 1.54) is 14.2 Å². The molecule has 148 valence electrons. The third-order valence-corrected chi connectivity index (χ3v) is 4.54. The predicted octanol–water partition coefficient (Wildman–Crippen LogP) is 2.86. The van der Waals surface area contributed by atoms with Crippen molar-refractivity contribution >= 4 is 17.5 Å². The Bertz CT molecular complexity index is 846. The van der Waals surface area contributed by atoms with E-state index in [2.05, 4.69) is 10.6 Å². The maximum atomic E-state index is 12.5. The zero-order chi connectivity index (χ0) is 19.9. The van der Waals surface area contributed by atoms with Gasteiger partial charge in [0.05, 0.1) is 20.3 Å². The minimum Gasteiger partial charge on any atom is -0.493 e. The summed E-state index contributed by atoms with van der Waals surface area (Å²) in [5.41, 5.74) is 1.43. The average molecular weight is 384 g/mol. The Morgan fingerprint density at radius 2 is 1.82 bits per heavy atom. The van der Waals surface area contributed by atoms with Crippen LogP contribution >= 0.6 is 0 Å². The Kier molecular flexibility index (Phi) is 6.49. The SMILES string of the molecule is COc1ccc(C(=O)Nc2cccc(C(=O)NC[C@@H]3CCCO3)c2)cc1OC. The molecule has 0 aromatic heterocycles. The van der Waals surface area contributed by atoms with Crippen molar-refractivity contribution in [2.45, 2.75) is 18.9 Å². The number of carbonyl (C=O) groups is 2. The molecule has 1 atom stereocenters. The van der Waals surface area contributed by atoms with Gasteiger partial charge in [-0.3, -0.25) is 9.59 Å². The monoisotopic (exact) mass is 384 g/mol. The number of ether oxygens (including phenoxy) is 3. The van der Waals surface area contributed by atoms with Crippen LogP contribution in [0.1, 0.15) is 33.6 Å². The van der Waals surface area contributed by atoms with Gasteiger partial charge in [0, 0.05) is 30.0 Å². The van der Waals surface area contributed by atoms with E-state index in [1.54, 1.807) is 42.5 Å². The van der Waals surface area contributed by atoms with Gasteiger partial charge in [0.25, 0.3) is 11.8 Å². The van der Waals surface area contributed by atoms with Crippen LogP contribution in [-0.2, 0) is 4.74 Å². The lowest BCUT2D eigenvalue weighted by Gasteiger charge is -2.12. The maximum Gasteiger partial charge on any atom is 0.255 e. The molecule has 2 amide bonds. The van der Waals surface area contributed by atoms with Gasteiger partial charge in [-0.05, 0) is 49.2 Å². The van der Waals surface area contributed by atoms with Crippen LogP contribution in [0.4, 0.5) is 5.69 Å². The summed E-state index contributed by atoms with van der Waals surface area (Å²) in [6.45, 7) is 1.24. The van der Waals surface area contributed by atoms with Crippen LogP contribution in [0, 0.1) is 0 Å². The Labute approximate surface area is 164 Å². The van der Waals surface area contributed by atoms with Crippen molar-refractivity contribution in [2.75, 3.05) is 32.7 Å². The fourth-order valence-electron chi connectivity index (χ4n) is 3.03. The van der Waals surface area contributed by atoms with Crippen molar-refractivity contribution < 1.29 is 23.8 Å². The molecule has 0 radical (unpaired) electrons. The molecule has 1 saturated heterocycles. The Morgan fingerprint density at radius 1 is 1.04 bits per heavy atom. The summed E-state index contributed by atoms with van der Waals surface area (Å²) >= 11 is 0. The fraction of sp³-hybridized carbons (Fsp3) is 0.333. The summed E-state index contributed by atoms with van der Waals surface area (Å²) in [6, 6.07) is 11.7. The van der Waals surface area contributed by atoms with Gasteiger partial charge in [0.1, 0.15) is 0 Å². The van der Waals surface area contributed by atoms with E-state index in [1.807, 2.05) is 0 Å². The minimum atomic E-state index is -0.308. The lowest BCUT2D eigenvalue weighted by molar-refractivity contribution is 0.0857. The highest BCUT2D eigenvalue weighted by Crippen LogP contribution is 2.28. The van der Waals surface area contributed by atoms with Gasteiger partial charge in [-0.15, -0.1) is 0 Å². The molecule has 2 aromatic rings. The molecule has 0 spiro atoms. The number of amides is 2. The number of carbonyl (C=O) groups excluding carboxylic acids is 2. The highest BCUT2D eigenvalue weighted by Gasteiger charge is 2.17. The molecule has 0 unspecified atom stereocenters. The molecule has 7 heteroatoms. The van der Waals surface area contributed by atoms with Crippen LogP contribution in [0.25, 0.3) is 0 Å². The van der Waals surface area contributed by atoms with Gasteiger partial charge in [-0.1, -0.05) is 6.07 Å². The highest BCUT2D eigenvalue weighted by molar-refractivity contribution is 6.05. The maximum absolute atomic E-state index is 12.5. The normalized spacial score (nSPS) is 15.7. The molecule has 0 bridgehead atoms. The van der Waals surface area contributed by atoms with Crippen molar-refractivity contribution in [1.82, 2.24) is 5.32 Å². The molecule has 2 N–H and O–H groups in total. The standard InChI is InChI=1S/C21H24N2O5/c1-26-18-9-8-15(12-19(18)27-2)21(25)23-16-6-3-5-14(11-16)20(24)22-13-17-7-4-10-28-17/h3,5-6,8-9,11-12,17H,4,7,10,13H2,1-2H3,(H,22,24)(H,23,25)/t17-/m0/s1. The summed E-state index contributed by atoms with van der Waals surface area (Å²) in [5.74, 6) is 0.511. The number of benzene rings is 2. The van der Waals surface area contributed by atoms with E-state index in [-0.39, 0.29) is 17.9 Å². The molecule has 1 heterocycles. The number of hydrogen-bond acceptors (Lipinski definition) is 5. The summed E-state index contributed by atoms with van der Waals surface area (Å²) in [5, 5.41) is 5.67. The number of rotatable bonds is 7. The van der Waals surface area contributed by atoms with E-state index in [0.717, 1.165) is 19.4 Å². The second-order valence-corrected chi connectivity index (χ2v) is 6.45. The van der Waals surface area contributed by atoms with Gasteiger partial charge in [-0.2, -0.15) is 0 Å². The smallest absolute Gasteiger partial charge is 0.255 e. The van der Waals surface area contributed by atoms with E-state index in [4.69, 9.17) is 14.2 Å². The molecule has 1 fully saturated rings. The van der Waals surface area contributed by atoms with Crippen molar-refractivity contribution in [2.24, 2.45) is 0 Å². The lowest BCUT2D eigenvalue weighted by Crippen LogP contribution is -2.31. The van der Waals surface area contributed by atoms with Gasteiger partial charge < -0.3 is 24.8 Å². The molecule has 1 aliphatic rings. The molecule has 0 saturated carbocycles. The first-order chi connectivity index (χ1) is 13.6. The van der Waals surface area contributed by atoms with E-state index >= 15 is 0 Å². The van der Waals surface area contributed by atoms with Crippen LogP contribution < -0.4 is 20.1 Å². The highest BCUT2D eigenvalue weighted by atomic mass is 16.5. The van der Waals surface area contributed by atoms with E-state index in [0.29, 0.717) is 34.9 Å². The summed E-state index contributed by atoms with van der Waals surface area (Å²) in [7, 11) is 3.05. The molecule has 1 aliphatic heterocycles. The van der Waals surface area contributed by atoms with Gasteiger partial charge in [0.2, 0.25) is 0 Å². The second-order valence-electron chi connectivity index (χ2n) is 6.45.